The average molecular weight is 282 g/mol. The number of carboxylic acid groups (broad SMARTS) is 1. The fraction of sp³-hybridized carbons (Fsp3) is 0.688. The summed E-state index contributed by atoms with van der Waals surface area (Å²) in [4.78, 5) is 10.3. The molecule has 0 saturated heterocycles. The first-order valence-corrected chi connectivity index (χ1v) is 7.61. The third-order valence-electron chi connectivity index (χ3n) is 3.52. The number of allylic oxidation sites excluding steroid dienone is 2. The number of rotatable bonds is 11. The number of aliphatic carboxylic acids is 1. The van der Waals surface area contributed by atoms with E-state index in [0.717, 1.165) is 37.7 Å². The molecule has 0 spiro atoms. The van der Waals surface area contributed by atoms with Crippen LogP contribution >= 0.6 is 0 Å². The molecule has 0 amide bonds. The molecule has 0 aliphatic carbocycles. The highest BCUT2D eigenvalue weighted by Gasteiger charge is 2.11. The molecule has 1 unspecified atom stereocenters. The quantitative estimate of drug-likeness (QED) is 0.566. The molecule has 0 aromatic carbocycles. The maximum Gasteiger partial charge on any atom is 0.303 e. The number of unbranched alkanes of at least 4 members (excludes halogenated alkanes) is 7. The predicted molar refractivity (Wildman–Crippen MR) is 78.1 cm³/mol. The summed E-state index contributed by atoms with van der Waals surface area (Å²) in [5.74, 6) is -0.692. The maximum atomic E-state index is 10.3. The van der Waals surface area contributed by atoms with Crippen LogP contribution in [-0.4, -0.2) is 22.5 Å². The Hall–Kier alpha value is -1.29. The predicted octanol–water partition coefficient (Wildman–Crippen LogP) is 3.76. The Bertz CT molecular complexity index is 333. The van der Waals surface area contributed by atoms with Gasteiger partial charge in [0.25, 0.3) is 0 Å². The minimum atomic E-state index is -0.755. The SMILES string of the molecule is O=C(O)CCCCCCCCCCC1=CC=COC1O. The molecule has 0 aromatic heterocycles. The third-order valence-corrected chi connectivity index (χ3v) is 3.52. The van der Waals surface area contributed by atoms with Gasteiger partial charge in [-0.2, -0.15) is 0 Å². The molecule has 1 aliphatic heterocycles. The first kappa shape index (κ1) is 16.8. The summed E-state index contributed by atoms with van der Waals surface area (Å²) >= 11 is 0. The summed E-state index contributed by atoms with van der Waals surface area (Å²) in [6.45, 7) is 0. The lowest BCUT2D eigenvalue weighted by Crippen LogP contribution is -2.14. The summed E-state index contributed by atoms with van der Waals surface area (Å²) in [5.41, 5.74) is 0.959. The van der Waals surface area contributed by atoms with Gasteiger partial charge in [-0.05, 0) is 30.9 Å². The largest absolute Gasteiger partial charge is 0.481 e. The van der Waals surface area contributed by atoms with E-state index in [4.69, 9.17) is 9.84 Å². The molecule has 114 valence electrons. The van der Waals surface area contributed by atoms with Crippen LogP contribution in [0.25, 0.3) is 0 Å². The molecule has 20 heavy (non-hydrogen) atoms. The molecule has 1 heterocycles. The molecule has 1 rings (SSSR count). The minimum Gasteiger partial charge on any atom is -0.481 e. The van der Waals surface area contributed by atoms with E-state index in [2.05, 4.69) is 0 Å². The summed E-state index contributed by atoms with van der Waals surface area (Å²) < 4.78 is 5.01. The molecule has 0 aromatic rings. The van der Waals surface area contributed by atoms with Gasteiger partial charge in [0, 0.05) is 6.42 Å². The van der Waals surface area contributed by atoms with Crippen LogP contribution in [0.5, 0.6) is 0 Å². The zero-order valence-electron chi connectivity index (χ0n) is 12.1. The molecule has 0 fully saturated rings. The molecule has 4 nitrogen and oxygen atoms in total. The summed E-state index contributed by atoms with van der Waals surface area (Å²) in [6, 6.07) is 0. The fourth-order valence-electron chi connectivity index (χ4n) is 2.33. The van der Waals surface area contributed by atoms with E-state index in [1.807, 2.05) is 12.2 Å². The molecule has 0 bridgehead atoms. The van der Waals surface area contributed by atoms with Crippen molar-refractivity contribution in [3.63, 3.8) is 0 Å². The molecule has 1 atom stereocenters. The fourth-order valence-corrected chi connectivity index (χ4v) is 2.33. The summed E-state index contributed by atoms with van der Waals surface area (Å²) in [5, 5.41) is 18.1. The van der Waals surface area contributed by atoms with Crippen molar-refractivity contribution >= 4 is 5.97 Å². The Morgan fingerprint density at radius 1 is 1.05 bits per heavy atom. The monoisotopic (exact) mass is 282 g/mol. The number of carboxylic acids is 1. The Morgan fingerprint density at radius 3 is 2.25 bits per heavy atom. The Kier molecular flexibility index (Phi) is 8.79. The van der Waals surface area contributed by atoms with Crippen molar-refractivity contribution in [3.8, 4) is 0 Å². The second-order valence-electron chi connectivity index (χ2n) is 5.28. The highest BCUT2D eigenvalue weighted by Crippen LogP contribution is 2.18. The van der Waals surface area contributed by atoms with Gasteiger partial charge in [-0.15, -0.1) is 0 Å². The molecule has 2 N–H and O–H groups in total. The molecular weight excluding hydrogens is 256 g/mol. The van der Waals surface area contributed by atoms with Gasteiger partial charge in [0.05, 0.1) is 6.26 Å². The summed E-state index contributed by atoms with van der Waals surface area (Å²) in [6.07, 6.45) is 14.5. The van der Waals surface area contributed by atoms with Crippen LogP contribution in [0.1, 0.15) is 64.2 Å². The van der Waals surface area contributed by atoms with E-state index in [1.165, 1.54) is 31.9 Å². The number of aliphatic hydroxyl groups excluding tert-OH is 1. The lowest BCUT2D eigenvalue weighted by atomic mass is 10.0. The second-order valence-corrected chi connectivity index (χ2v) is 5.28. The number of aliphatic hydroxyl groups is 1. The maximum absolute atomic E-state index is 10.3. The van der Waals surface area contributed by atoms with Crippen molar-refractivity contribution in [3.05, 3.63) is 24.0 Å². The van der Waals surface area contributed by atoms with Gasteiger partial charge < -0.3 is 14.9 Å². The van der Waals surface area contributed by atoms with Crippen LogP contribution in [0.3, 0.4) is 0 Å². The van der Waals surface area contributed by atoms with Crippen molar-refractivity contribution in [2.24, 2.45) is 0 Å². The number of ether oxygens (including phenoxy) is 1. The Labute approximate surface area is 121 Å². The smallest absolute Gasteiger partial charge is 0.303 e. The minimum absolute atomic E-state index is 0.300. The van der Waals surface area contributed by atoms with E-state index < -0.39 is 12.3 Å². The summed E-state index contributed by atoms with van der Waals surface area (Å²) in [7, 11) is 0. The van der Waals surface area contributed by atoms with Gasteiger partial charge >= 0.3 is 5.97 Å². The van der Waals surface area contributed by atoms with Gasteiger partial charge in [0.15, 0.2) is 0 Å². The van der Waals surface area contributed by atoms with Crippen molar-refractivity contribution in [1.29, 1.82) is 0 Å². The lowest BCUT2D eigenvalue weighted by molar-refractivity contribution is -0.137. The molecule has 4 heteroatoms. The Balaban J connectivity index is 1.86. The van der Waals surface area contributed by atoms with Crippen LogP contribution in [0.15, 0.2) is 24.0 Å². The van der Waals surface area contributed by atoms with Crippen molar-refractivity contribution < 1.29 is 19.7 Å². The Morgan fingerprint density at radius 2 is 1.65 bits per heavy atom. The number of carbonyl (C=O) groups is 1. The lowest BCUT2D eigenvalue weighted by Gasteiger charge is -2.16. The van der Waals surface area contributed by atoms with Gasteiger partial charge in [0.2, 0.25) is 6.29 Å². The second kappa shape index (κ2) is 10.5. The van der Waals surface area contributed by atoms with Gasteiger partial charge in [-0.3, -0.25) is 4.79 Å². The molecule has 1 aliphatic rings. The zero-order valence-corrected chi connectivity index (χ0v) is 12.1. The highest BCUT2D eigenvalue weighted by atomic mass is 16.6. The van der Waals surface area contributed by atoms with Gasteiger partial charge in [-0.25, -0.2) is 0 Å². The van der Waals surface area contributed by atoms with E-state index in [9.17, 15) is 9.90 Å². The van der Waals surface area contributed by atoms with E-state index >= 15 is 0 Å². The van der Waals surface area contributed by atoms with Crippen LogP contribution in [0.4, 0.5) is 0 Å². The molecule has 0 radical (unpaired) electrons. The molecule has 0 saturated carbocycles. The topological polar surface area (TPSA) is 66.8 Å². The highest BCUT2D eigenvalue weighted by molar-refractivity contribution is 5.66. The number of hydrogen-bond acceptors (Lipinski definition) is 3. The molecular formula is C16H26O4. The standard InChI is InChI=1S/C16H26O4/c17-15(18)12-8-6-4-2-1-3-5-7-10-14-11-9-13-20-16(14)19/h9,11,13,16,19H,1-8,10,12H2,(H,17,18). The van der Waals surface area contributed by atoms with Crippen LogP contribution < -0.4 is 0 Å². The van der Waals surface area contributed by atoms with E-state index in [1.54, 1.807) is 0 Å². The van der Waals surface area contributed by atoms with E-state index in [-0.39, 0.29) is 0 Å². The normalized spacial score (nSPS) is 17.6. The van der Waals surface area contributed by atoms with Gasteiger partial charge in [-0.1, -0.05) is 44.6 Å². The zero-order chi connectivity index (χ0) is 14.6. The van der Waals surface area contributed by atoms with Crippen LogP contribution in [0.2, 0.25) is 0 Å². The first-order valence-electron chi connectivity index (χ1n) is 7.61. The van der Waals surface area contributed by atoms with Crippen molar-refractivity contribution in [2.45, 2.75) is 70.5 Å². The average Bonchev–Trinajstić information content (AvgIpc) is 2.42. The first-order chi connectivity index (χ1) is 9.70. The third kappa shape index (κ3) is 8.00. The van der Waals surface area contributed by atoms with Gasteiger partial charge in [0.1, 0.15) is 0 Å². The van der Waals surface area contributed by atoms with Crippen molar-refractivity contribution in [1.82, 2.24) is 0 Å². The van der Waals surface area contributed by atoms with E-state index in [0.29, 0.717) is 6.42 Å². The van der Waals surface area contributed by atoms with Crippen LogP contribution in [0, 0.1) is 0 Å². The van der Waals surface area contributed by atoms with Crippen molar-refractivity contribution in [2.75, 3.05) is 0 Å². The number of hydrogen-bond donors (Lipinski definition) is 2. The van der Waals surface area contributed by atoms with Crippen LogP contribution in [-0.2, 0) is 9.53 Å².